The van der Waals surface area contributed by atoms with Crippen LogP contribution in [0.25, 0.3) is 11.2 Å². The van der Waals surface area contributed by atoms with Gasteiger partial charge in [-0.1, -0.05) is 0 Å². The monoisotopic (exact) mass is 363 g/mol. The van der Waals surface area contributed by atoms with E-state index < -0.39 is 44.5 Å². The normalized spacial score (nSPS) is 27.8. The van der Waals surface area contributed by atoms with Crippen LogP contribution in [0, 0.1) is 0 Å². The van der Waals surface area contributed by atoms with Gasteiger partial charge in [-0.15, -0.1) is 0 Å². The summed E-state index contributed by atoms with van der Waals surface area (Å²) in [6, 6.07) is 0. The van der Waals surface area contributed by atoms with Gasteiger partial charge in [0.2, 0.25) is 5.95 Å². The number of aliphatic hydroxyl groups is 2. The van der Waals surface area contributed by atoms with E-state index >= 15 is 0 Å². The number of anilines is 1. The number of aromatic amines is 1. The summed E-state index contributed by atoms with van der Waals surface area (Å²) in [6.07, 6.45) is -4.40. The van der Waals surface area contributed by atoms with E-state index in [2.05, 4.69) is 19.5 Å². The topological polar surface area (TPSA) is 206 Å². The van der Waals surface area contributed by atoms with Gasteiger partial charge in [-0.3, -0.25) is 18.9 Å². The van der Waals surface area contributed by atoms with Crippen molar-refractivity contribution in [1.29, 1.82) is 0 Å². The van der Waals surface area contributed by atoms with Gasteiger partial charge < -0.3 is 30.5 Å². The highest BCUT2D eigenvalue weighted by molar-refractivity contribution is 7.46. The van der Waals surface area contributed by atoms with Gasteiger partial charge in [-0.25, -0.2) is 9.55 Å². The van der Waals surface area contributed by atoms with E-state index in [9.17, 15) is 19.6 Å². The number of hydrogen-bond acceptors (Lipinski definition) is 9. The quantitative estimate of drug-likeness (QED) is 0.311. The summed E-state index contributed by atoms with van der Waals surface area (Å²) < 4.78 is 22.0. The number of phosphoric ester groups is 1. The minimum Gasteiger partial charge on any atom is -0.394 e. The first-order valence-electron chi connectivity index (χ1n) is 6.62. The van der Waals surface area contributed by atoms with Gasteiger partial charge in [0.15, 0.2) is 17.4 Å². The van der Waals surface area contributed by atoms with Gasteiger partial charge in [-0.2, -0.15) is 4.98 Å². The summed E-state index contributed by atoms with van der Waals surface area (Å²) >= 11 is 0. The number of aliphatic hydroxyl groups excluding tert-OH is 2. The smallest absolute Gasteiger partial charge is 0.394 e. The Morgan fingerprint density at radius 3 is 2.83 bits per heavy atom. The van der Waals surface area contributed by atoms with Crippen LogP contribution in [-0.4, -0.2) is 64.4 Å². The molecule has 1 saturated heterocycles. The van der Waals surface area contributed by atoms with E-state index in [-0.39, 0.29) is 17.1 Å². The predicted molar refractivity (Wildman–Crippen MR) is 76.5 cm³/mol. The Kier molecular flexibility index (Phi) is 4.17. The number of nitrogen functional groups attached to an aromatic ring is 1. The maximum Gasteiger partial charge on any atom is 0.470 e. The lowest BCUT2D eigenvalue weighted by molar-refractivity contribution is -0.0509. The predicted octanol–water partition coefficient (Wildman–Crippen LogP) is -2.57. The minimum absolute atomic E-state index is 0.00572. The zero-order valence-electron chi connectivity index (χ0n) is 11.9. The Bertz CT molecular complexity index is 861. The number of hydrogen-bond donors (Lipinski definition) is 6. The van der Waals surface area contributed by atoms with Gasteiger partial charge in [-0.05, 0) is 0 Å². The molecule has 4 atom stereocenters. The van der Waals surface area contributed by atoms with Gasteiger partial charge >= 0.3 is 7.82 Å². The maximum atomic E-state index is 11.8. The molecular formula is C10H14N5O8P. The van der Waals surface area contributed by atoms with Crippen LogP contribution in [0.15, 0.2) is 11.1 Å². The summed E-state index contributed by atoms with van der Waals surface area (Å²) in [5.41, 5.74) is 4.79. The summed E-state index contributed by atoms with van der Waals surface area (Å²) in [6.45, 7) is -0.666. The van der Waals surface area contributed by atoms with E-state index in [1.807, 2.05) is 0 Å². The SMILES string of the molecule is Nc1nc2c(ncn2C2OC(CO)C(OP(=O)(O)O)C2O)c(=O)[nH]1. The molecule has 1 aliphatic rings. The number of ether oxygens (including phenoxy) is 1. The van der Waals surface area contributed by atoms with E-state index in [0.717, 1.165) is 10.9 Å². The second kappa shape index (κ2) is 5.89. The molecule has 0 saturated carbocycles. The average molecular weight is 363 g/mol. The lowest BCUT2D eigenvalue weighted by Crippen LogP contribution is -2.35. The summed E-state index contributed by atoms with van der Waals surface area (Å²) in [5, 5.41) is 19.6. The molecule has 0 spiro atoms. The maximum absolute atomic E-state index is 11.8. The van der Waals surface area contributed by atoms with Crippen LogP contribution in [0.3, 0.4) is 0 Å². The molecule has 0 aromatic carbocycles. The van der Waals surface area contributed by atoms with Crippen molar-refractivity contribution in [2.75, 3.05) is 12.3 Å². The van der Waals surface area contributed by atoms with E-state index in [4.69, 9.17) is 20.3 Å². The summed E-state index contributed by atoms with van der Waals surface area (Å²) in [4.78, 5) is 39.6. The Balaban J connectivity index is 2.01. The molecule has 0 aliphatic carbocycles. The molecule has 3 rings (SSSR count). The number of H-pyrrole nitrogens is 1. The lowest BCUT2D eigenvalue weighted by Gasteiger charge is -2.20. The molecule has 0 radical (unpaired) electrons. The Morgan fingerprint density at radius 2 is 2.21 bits per heavy atom. The number of rotatable bonds is 4. The Hall–Kier alpha value is -1.86. The number of aromatic nitrogens is 4. The first kappa shape index (κ1) is 17.0. The average Bonchev–Trinajstić information content (AvgIpc) is 3.00. The summed E-state index contributed by atoms with van der Waals surface area (Å²) in [5.74, 6) is -0.191. The van der Waals surface area contributed by atoms with Crippen molar-refractivity contribution in [2.45, 2.75) is 24.5 Å². The van der Waals surface area contributed by atoms with Crippen molar-refractivity contribution in [1.82, 2.24) is 19.5 Å². The fourth-order valence-electron chi connectivity index (χ4n) is 2.51. The van der Waals surface area contributed by atoms with Gasteiger partial charge in [0, 0.05) is 0 Å². The fourth-order valence-corrected chi connectivity index (χ4v) is 3.09. The molecule has 14 heteroatoms. The van der Waals surface area contributed by atoms with Crippen molar-refractivity contribution in [3.05, 3.63) is 16.7 Å². The van der Waals surface area contributed by atoms with E-state index in [1.165, 1.54) is 0 Å². The highest BCUT2D eigenvalue weighted by Gasteiger charge is 2.48. The molecule has 24 heavy (non-hydrogen) atoms. The highest BCUT2D eigenvalue weighted by atomic mass is 31.2. The molecule has 0 amide bonds. The molecule has 4 unspecified atom stereocenters. The van der Waals surface area contributed by atoms with Crippen LogP contribution in [0.4, 0.5) is 5.95 Å². The molecule has 1 aliphatic heterocycles. The van der Waals surface area contributed by atoms with Crippen LogP contribution in [0.2, 0.25) is 0 Å². The van der Waals surface area contributed by atoms with Gasteiger partial charge in [0.05, 0.1) is 12.9 Å². The number of fused-ring (bicyclic) bond motifs is 1. The molecule has 3 heterocycles. The second-order valence-corrected chi connectivity index (χ2v) is 6.27. The zero-order valence-corrected chi connectivity index (χ0v) is 12.8. The van der Waals surface area contributed by atoms with Crippen molar-refractivity contribution in [2.24, 2.45) is 0 Å². The van der Waals surface area contributed by atoms with Gasteiger partial charge in [0.1, 0.15) is 18.3 Å². The van der Waals surface area contributed by atoms with Crippen LogP contribution >= 0.6 is 7.82 Å². The third-order valence-corrected chi connectivity index (χ3v) is 3.99. The minimum atomic E-state index is -4.94. The lowest BCUT2D eigenvalue weighted by atomic mass is 10.1. The molecule has 2 aromatic heterocycles. The van der Waals surface area contributed by atoms with Crippen molar-refractivity contribution < 1.29 is 33.8 Å². The van der Waals surface area contributed by atoms with Crippen LogP contribution in [0.5, 0.6) is 0 Å². The standard InChI is InChI=1S/C10H14N5O8P/c11-10-13-7-4(8(18)14-10)12-2-15(7)9-5(17)6(3(1-16)22-9)23-24(19,20)21/h2-3,5-6,9,16-17H,1H2,(H2,19,20,21)(H3,11,13,14,18). The van der Waals surface area contributed by atoms with Crippen molar-refractivity contribution in [3.63, 3.8) is 0 Å². The number of nitrogens with one attached hydrogen (secondary N) is 1. The number of nitrogens with zero attached hydrogens (tertiary/aromatic N) is 3. The zero-order chi connectivity index (χ0) is 17.6. The molecule has 13 nitrogen and oxygen atoms in total. The Morgan fingerprint density at radius 1 is 1.50 bits per heavy atom. The van der Waals surface area contributed by atoms with Crippen molar-refractivity contribution in [3.8, 4) is 0 Å². The molecular weight excluding hydrogens is 349 g/mol. The van der Waals surface area contributed by atoms with E-state index in [0.29, 0.717) is 0 Å². The first-order valence-corrected chi connectivity index (χ1v) is 8.15. The van der Waals surface area contributed by atoms with E-state index in [1.54, 1.807) is 0 Å². The number of phosphoric acid groups is 1. The number of imidazole rings is 1. The molecule has 1 fully saturated rings. The molecule has 2 aromatic rings. The van der Waals surface area contributed by atoms with Crippen LogP contribution in [0.1, 0.15) is 6.23 Å². The molecule has 132 valence electrons. The first-order chi connectivity index (χ1) is 11.2. The third-order valence-electron chi connectivity index (χ3n) is 3.47. The van der Waals surface area contributed by atoms with Crippen molar-refractivity contribution >= 4 is 24.9 Å². The van der Waals surface area contributed by atoms with Gasteiger partial charge in [0.25, 0.3) is 5.56 Å². The second-order valence-electron chi connectivity index (χ2n) is 5.07. The number of nitrogens with two attached hydrogens (primary N) is 1. The fraction of sp³-hybridized carbons (Fsp3) is 0.500. The Labute approximate surface area is 132 Å². The third kappa shape index (κ3) is 2.93. The summed E-state index contributed by atoms with van der Waals surface area (Å²) in [7, 11) is -4.94. The van der Waals surface area contributed by atoms with Crippen LogP contribution < -0.4 is 11.3 Å². The molecule has 0 bridgehead atoms. The van der Waals surface area contributed by atoms with Crippen LogP contribution in [-0.2, 0) is 13.8 Å². The highest BCUT2D eigenvalue weighted by Crippen LogP contribution is 2.43. The molecule has 7 N–H and O–H groups in total. The largest absolute Gasteiger partial charge is 0.470 e.